The minimum absolute atomic E-state index is 0.0308. The van der Waals surface area contributed by atoms with Crippen LogP contribution in [0.5, 0.6) is 11.5 Å². The number of hydrogen-bond acceptors (Lipinski definition) is 8. The molecule has 3 N–H and O–H groups in total. The van der Waals surface area contributed by atoms with Gasteiger partial charge in [-0.25, -0.2) is 0 Å². The van der Waals surface area contributed by atoms with Gasteiger partial charge in [0, 0.05) is 19.8 Å². The predicted octanol–water partition coefficient (Wildman–Crippen LogP) is 2.31. The van der Waals surface area contributed by atoms with E-state index in [1.54, 1.807) is 24.3 Å². The van der Waals surface area contributed by atoms with Crippen LogP contribution < -0.4 is 25.6 Å². The van der Waals surface area contributed by atoms with Crippen LogP contribution in [-0.4, -0.2) is 41.1 Å². The normalized spacial score (nSPS) is 14.9. The van der Waals surface area contributed by atoms with Gasteiger partial charge in [0.1, 0.15) is 5.54 Å². The Labute approximate surface area is 204 Å². The number of aryl methyl sites for hydroxylation is 1. The summed E-state index contributed by atoms with van der Waals surface area (Å²) in [6.45, 7) is 3.52. The van der Waals surface area contributed by atoms with Crippen molar-refractivity contribution in [2.45, 2.75) is 70.8 Å². The molecule has 35 heavy (non-hydrogen) atoms. The minimum atomic E-state index is -0.638. The molecule has 0 aliphatic heterocycles. The van der Waals surface area contributed by atoms with Crippen LogP contribution in [-0.2, 0) is 26.3 Å². The molecule has 0 atom stereocenters. The summed E-state index contributed by atoms with van der Waals surface area (Å²) in [7, 11) is 0. The van der Waals surface area contributed by atoms with E-state index >= 15 is 0 Å². The summed E-state index contributed by atoms with van der Waals surface area (Å²) in [5.41, 5.74) is 4.02. The van der Waals surface area contributed by atoms with Crippen molar-refractivity contribution in [1.29, 1.82) is 0 Å². The second-order valence-corrected chi connectivity index (χ2v) is 8.45. The summed E-state index contributed by atoms with van der Waals surface area (Å²) in [5, 5.41) is 7.13. The fourth-order valence-electron chi connectivity index (χ4n) is 4.07. The summed E-state index contributed by atoms with van der Waals surface area (Å²) >= 11 is 0. The smallest absolute Gasteiger partial charge is 0.276 e. The van der Waals surface area contributed by atoms with Gasteiger partial charge in [0.15, 0.2) is 23.9 Å². The van der Waals surface area contributed by atoms with Gasteiger partial charge in [-0.1, -0.05) is 43.0 Å². The number of carbonyl (C=O) groups excluding carboxylic acids is 3. The Morgan fingerprint density at radius 3 is 2.31 bits per heavy atom. The van der Waals surface area contributed by atoms with Gasteiger partial charge in [-0.15, -0.1) is 0 Å². The second kappa shape index (κ2) is 12.7. The van der Waals surface area contributed by atoms with Crippen LogP contribution in [0.2, 0.25) is 0 Å². The second-order valence-electron chi connectivity index (χ2n) is 8.45. The third-order valence-corrected chi connectivity index (χ3v) is 5.68. The summed E-state index contributed by atoms with van der Waals surface area (Å²) in [5.74, 6) is 0.644. The van der Waals surface area contributed by atoms with Crippen LogP contribution in [0.4, 0.5) is 0 Å². The van der Waals surface area contributed by atoms with Crippen LogP contribution in [0, 0.1) is 0 Å². The van der Waals surface area contributed by atoms with Gasteiger partial charge < -0.3 is 19.3 Å². The van der Waals surface area contributed by atoms with E-state index in [9.17, 15) is 14.4 Å². The van der Waals surface area contributed by atoms with Crippen molar-refractivity contribution in [3.63, 3.8) is 0 Å². The van der Waals surface area contributed by atoms with E-state index in [4.69, 9.17) is 14.0 Å². The van der Waals surface area contributed by atoms with Gasteiger partial charge in [-0.2, -0.15) is 4.98 Å². The number of hydrogen-bond donors (Lipinski definition) is 3. The Morgan fingerprint density at radius 2 is 1.66 bits per heavy atom. The number of nitrogens with one attached hydrogen (secondary N) is 3. The van der Waals surface area contributed by atoms with Gasteiger partial charge in [-0.05, 0) is 31.9 Å². The molecule has 0 bridgehead atoms. The van der Waals surface area contributed by atoms with Crippen LogP contribution in [0.15, 0.2) is 28.8 Å². The topological polar surface area (TPSA) is 145 Å². The van der Waals surface area contributed by atoms with E-state index in [2.05, 4.69) is 26.3 Å². The largest absolute Gasteiger partial charge is 0.490 e. The molecule has 1 aliphatic carbocycles. The molecule has 0 unspecified atom stereocenters. The molecule has 1 aliphatic rings. The first-order valence-corrected chi connectivity index (χ1v) is 12.0. The number of carbonyl (C=O) groups is 3. The number of amides is 3. The van der Waals surface area contributed by atoms with Crippen molar-refractivity contribution in [2.24, 2.45) is 0 Å². The SMILES string of the molecule is CCOc1ccccc1OCC(=O)NNC(=O)CCc1nc(C2(NC(C)=O)CCCCCC2)no1. The van der Waals surface area contributed by atoms with Crippen LogP contribution in [0.25, 0.3) is 0 Å². The van der Waals surface area contributed by atoms with Crippen molar-refractivity contribution in [2.75, 3.05) is 13.2 Å². The third kappa shape index (κ3) is 7.69. The van der Waals surface area contributed by atoms with Gasteiger partial charge >= 0.3 is 0 Å². The minimum Gasteiger partial charge on any atom is -0.490 e. The molecule has 1 saturated carbocycles. The van der Waals surface area contributed by atoms with Crippen molar-refractivity contribution >= 4 is 17.7 Å². The third-order valence-electron chi connectivity index (χ3n) is 5.68. The Hall–Kier alpha value is -3.63. The average molecular weight is 488 g/mol. The first-order chi connectivity index (χ1) is 16.9. The maximum absolute atomic E-state index is 12.2. The quantitative estimate of drug-likeness (QED) is 0.342. The van der Waals surface area contributed by atoms with Gasteiger partial charge in [0.2, 0.25) is 17.7 Å². The number of ether oxygens (including phenoxy) is 2. The number of para-hydroxylation sites is 2. The van der Waals surface area contributed by atoms with Crippen LogP contribution in [0.3, 0.4) is 0 Å². The average Bonchev–Trinajstić information content (AvgIpc) is 3.20. The lowest BCUT2D eigenvalue weighted by atomic mass is 9.89. The Kier molecular flexibility index (Phi) is 9.45. The monoisotopic (exact) mass is 487 g/mol. The molecule has 3 rings (SSSR count). The van der Waals surface area contributed by atoms with Gasteiger partial charge in [0.05, 0.1) is 6.61 Å². The van der Waals surface area contributed by atoms with Crippen molar-refractivity contribution < 1.29 is 28.4 Å². The molecule has 0 radical (unpaired) electrons. The maximum atomic E-state index is 12.2. The Bertz CT molecular complexity index is 1000. The zero-order valence-electron chi connectivity index (χ0n) is 20.2. The molecule has 3 amide bonds. The summed E-state index contributed by atoms with van der Waals surface area (Å²) in [4.78, 5) is 40.5. The molecular formula is C24H33N5O6. The predicted molar refractivity (Wildman–Crippen MR) is 125 cm³/mol. The molecule has 1 aromatic carbocycles. The molecule has 1 aromatic heterocycles. The molecule has 1 heterocycles. The fraction of sp³-hybridized carbons (Fsp3) is 0.542. The van der Waals surface area contributed by atoms with E-state index in [-0.39, 0.29) is 25.4 Å². The van der Waals surface area contributed by atoms with E-state index in [1.165, 1.54) is 6.92 Å². The summed E-state index contributed by atoms with van der Waals surface area (Å²) in [6.07, 6.45) is 5.85. The molecule has 0 saturated heterocycles. The van der Waals surface area contributed by atoms with Crippen molar-refractivity contribution in [3.8, 4) is 11.5 Å². The molecule has 11 nitrogen and oxygen atoms in total. The molecule has 2 aromatic rings. The lowest BCUT2D eigenvalue weighted by Crippen LogP contribution is -2.45. The number of nitrogens with zero attached hydrogens (tertiary/aromatic N) is 2. The lowest BCUT2D eigenvalue weighted by molar-refractivity contribution is -0.130. The van der Waals surface area contributed by atoms with Gasteiger partial charge in [0.25, 0.3) is 5.91 Å². The van der Waals surface area contributed by atoms with E-state index in [0.717, 1.165) is 38.5 Å². The highest BCUT2D eigenvalue weighted by Crippen LogP contribution is 2.34. The number of benzene rings is 1. The fourth-order valence-corrected chi connectivity index (χ4v) is 4.07. The first-order valence-electron chi connectivity index (χ1n) is 12.0. The zero-order valence-corrected chi connectivity index (χ0v) is 20.2. The maximum Gasteiger partial charge on any atom is 0.276 e. The van der Waals surface area contributed by atoms with E-state index < -0.39 is 17.4 Å². The zero-order chi connectivity index (χ0) is 25.1. The molecule has 11 heteroatoms. The molecule has 0 spiro atoms. The first kappa shape index (κ1) is 26.0. The highest BCUT2D eigenvalue weighted by Gasteiger charge is 2.38. The highest BCUT2D eigenvalue weighted by molar-refractivity contribution is 5.82. The number of aromatic nitrogens is 2. The van der Waals surface area contributed by atoms with Crippen molar-refractivity contribution in [3.05, 3.63) is 36.0 Å². The van der Waals surface area contributed by atoms with Gasteiger partial charge in [-0.3, -0.25) is 25.2 Å². The molecule has 190 valence electrons. The van der Waals surface area contributed by atoms with E-state index in [0.29, 0.717) is 29.8 Å². The summed E-state index contributed by atoms with van der Waals surface area (Å²) in [6, 6.07) is 7.02. The number of hydrazine groups is 1. The molecule has 1 fully saturated rings. The number of rotatable bonds is 10. The van der Waals surface area contributed by atoms with E-state index in [1.807, 2.05) is 6.92 Å². The van der Waals surface area contributed by atoms with Crippen molar-refractivity contribution in [1.82, 2.24) is 26.3 Å². The highest BCUT2D eigenvalue weighted by atomic mass is 16.5. The Balaban J connectivity index is 1.45. The van der Waals surface area contributed by atoms with Crippen LogP contribution in [0.1, 0.15) is 70.5 Å². The van der Waals surface area contributed by atoms with Crippen LogP contribution >= 0.6 is 0 Å². The summed E-state index contributed by atoms with van der Waals surface area (Å²) < 4.78 is 16.3. The lowest BCUT2D eigenvalue weighted by Gasteiger charge is -2.30. The Morgan fingerprint density at radius 1 is 1.00 bits per heavy atom. The molecular weight excluding hydrogens is 454 g/mol. The standard InChI is InChI=1S/C24H33N5O6/c1-3-33-18-10-6-7-11-19(18)34-16-21(32)28-27-20(31)12-13-22-25-23(29-35-22)24(26-17(2)30)14-8-4-5-9-15-24/h6-7,10-11H,3-5,8-9,12-16H2,1-2H3,(H,26,30)(H,27,31)(H,28,32).